The third-order valence-electron chi connectivity index (χ3n) is 6.50. The van der Waals surface area contributed by atoms with Crippen molar-refractivity contribution < 1.29 is 18.0 Å². The van der Waals surface area contributed by atoms with Crippen LogP contribution in [0.25, 0.3) is 11.4 Å². The topological polar surface area (TPSA) is 61.4 Å². The Morgan fingerprint density at radius 2 is 1.69 bits per heavy atom. The lowest BCUT2D eigenvalue weighted by Crippen LogP contribution is -2.50. The number of hydrogen-bond donors (Lipinski definition) is 1. The number of nitrogens with zero attached hydrogens (tertiary/aromatic N) is 4. The highest BCUT2D eigenvalue weighted by Crippen LogP contribution is 2.33. The minimum Gasteiger partial charge on any atom is -0.353 e. The lowest BCUT2D eigenvalue weighted by molar-refractivity contribution is -0.137. The highest BCUT2D eigenvalue weighted by atomic mass is 19.4. The molecule has 3 aromatic rings. The molecular weight excluding hydrogens is 467 g/mol. The van der Waals surface area contributed by atoms with E-state index >= 15 is 0 Å². The average Bonchev–Trinajstić information content (AvgIpc) is 2.88. The number of para-hydroxylation sites is 1. The number of aryl methyl sites for hydroxylation is 2. The molecule has 6 nitrogen and oxygen atoms in total. The standard InChI is InChI=1S/C27H30F3N5O/c1-4-19-9-6-7-12-23(19)32-26(36)35-15-13-34(14-16-35)25-22(5-2)18(3)31-24(33-25)20-10-8-11-21(17-20)27(28,29)30/h6-12,17H,4-5,13-16H2,1-3H3,(H,32,36). The molecule has 1 aliphatic heterocycles. The molecular formula is C27H30F3N5O. The molecule has 4 rings (SSSR count). The number of hydrogen-bond acceptors (Lipinski definition) is 4. The van der Waals surface area contributed by atoms with Gasteiger partial charge < -0.3 is 15.1 Å². The Kier molecular flexibility index (Phi) is 7.47. The monoisotopic (exact) mass is 497 g/mol. The zero-order valence-electron chi connectivity index (χ0n) is 20.7. The highest BCUT2D eigenvalue weighted by molar-refractivity contribution is 5.90. The van der Waals surface area contributed by atoms with E-state index in [9.17, 15) is 18.0 Å². The Balaban J connectivity index is 1.53. The quantitative estimate of drug-likeness (QED) is 0.473. The largest absolute Gasteiger partial charge is 0.416 e. The van der Waals surface area contributed by atoms with Crippen LogP contribution in [0.4, 0.5) is 29.5 Å². The van der Waals surface area contributed by atoms with E-state index in [4.69, 9.17) is 4.98 Å². The van der Waals surface area contributed by atoms with Crippen LogP contribution in [0.3, 0.4) is 0 Å². The molecule has 2 amide bonds. The average molecular weight is 498 g/mol. The molecule has 1 aromatic heterocycles. The number of nitrogens with one attached hydrogen (secondary N) is 1. The fourth-order valence-corrected chi connectivity index (χ4v) is 4.49. The molecule has 2 aromatic carbocycles. The third kappa shape index (κ3) is 5.45. The van der Waals surface area contributed by atoms with Gasteiger partial charge in [-0.3, -0.25) is 0 Å². The van der Waals surface area contributed by atoms with Gasteiger partial charge in [-0.25, -0.2) is 14.8 Å². The predicted octanol–water partition coefficient (Wildman–Crippen LogP) is 5.95. The summed E-state index contributed by atoms with van der Waals surface area (Å²) in [4.78, 5) is 26.0. The molecule has 1 saturated heterocycles. The van der Waals surface area contributed by atoms with Crippen LogP contribution in [-0.2, 0) is 19.0 Å². The number of halogens is 3. The molecule has 0 spiro atoms. The van der Waals surface area contributed by atoms with Crippen molar-refractivity contribution in [2.24, 2.45) is 0 Å². The van der Waals surface area contributed by atoms with Crippen molar-refractivity contribution in [3.05, 3.63) is 70.9 Å². The summed E-state index contributed by atoms with van der Waals surface area (Å²) in [7, 11) is 0. The minimum atomic E-state index is -4.44. The molecule has 36 heavy (non-hydrogen) atoms. The van der Waals surface area contributed by atoms with Gasteiger partial charge in [0.1, 0.15) is 5.82 Å². The summed E-state index contributed by atoms with van der Waals surface area (Å²) >= 11 is 0. The van der Waals surface area contributed by atoms with Gasteiger partial charge in [0, 0.05) is 48.7 Å². The Hall–Kier alpha value is -3.62. The third-order valence-corrected chi connectivity index (χ3v) is 6.50. The summed E-state index contributed by atoms with van der Waals surface area (Å²) in [6.45, 7) is 8.05. The Labute approximate surface area is 209 Å². The van der Waals surface area contributed by atoms with Crippen LogP contribution in [0.1, 0.15) is 36.2 Å². The zero-order valence-corrected chi connectivity index (χ0v) is 20.7. The summed E-state index contributed by atoms with van der Waals surface area (Å²) in [6, 6.07) is 12.7. The smallest absolute Gasteiger partial charge is 0.353 e. The fourth-order valence-electron chi connectivity index (χ4n) is 4.49. The first-order valence-corrected chi connectivity index (χ1v) is 12.1. The van der Waals surface area contributed by atoms with Crippen molar-refractivity contribution in [1.82, 2.24) is 14.9 Å². The van der Waals surface area contributed by atoms with Gasteiger partial charge >= 0.3 is 12.2 Å². The summed E-state index contributed by atoms with van der Waals surface area (Å²) < 4.78 is 39.7. The van der Waals surface area contributed by atoms with E-state index in [1.165, 1.54) is 6.07 Å². The van der Waals surface area contributed by atoms with Gasteiger partial charge in [0.15, 0.2) is 5.82 Å². The van der Waals surface area contributed by atoms with Crippen molar-refractivity contribution in [2.45, 2.75) is 39.8 Å². The number of amides is 2. The van der Waals surface area contributed by atoms with Gasteiger partial charge in [0.25, 0.3) is 0 Å². The second kappa shape index (κ2) is 10.6. The maximum atomic E-state index is 13.2. The van der Waals surface area contributed by atoms with E-state index in [-0.39, 0.29) is 11.9 Å². The fraction of sp³-hybridized carbons (Fsp3) is 0.370. The van der Waals surface area contributed by atoms with Gasteiger partial charge in [-0.2, -0.15) is 13.2 Å². The minimum absolute atomic E-state index is 0.144. The summed E-state index contributed by atoms with van der Waals surface area (Å²) in [5.74, 6) is 0.982. The summed E-state index contributed by atoms with van der Waals surface area (Å²) in [6.07, 6.45) is -2.92. The lowest BCUT2D eigenvalue weighted by atomic mass is 10.1. The maximum Gasteiger partial charge on any atom is 0.416 e. The van der Waals surface area contributed by atoms with Crippen molar-refractivity contribution >= 4 is 17.5 Å². The SMILES string of the molecule is CCc1ccccc1NC(=O)N1CCN(c2nc(-c3cccc(C(F)(F)F)c3)nc(C)c2CC)CC1. The van der Waals surface area contributed by atoms with Crippen molar-refractivity contribution in [3.8, 4) is 11.4 Å². The number of piperazine rings is 1. The van der Waals surface area contributed by atoms with Gasteiger partial charge in [-0.15, -0.1) is 0 Å². The van der Waals surface area contributed by atoms with Crippen LogP contribution in [0.5, 0.6) is 0 Å². The molecule has 0 saturated carbocycles. The Bertz CT molecular complexity index is 1240. The molecule has 0 bridgehead atoms. The van der Waals surface area contributed by atoms with Crippen LogP contribution >= 0.6 is 0 Å². The van der Waals surface area contributed by atoms with Gasteiger partial charge in [-0.05, 0) is 43.5 Å². The van der Waals surface area contributed by atoms with Gasteiger partial charge in [0.05, 0.1) is 5.56 Å². The number of aromatic nitrogens is 2. The van der Waals surface area contributed by atoms with Crippen molar-refractivity contribution in [1.29, 1.82) is 0 Å². The van der Waals surface area contributed by atoms with E-state index in [2.05, 4.69) is 15.2 Å². The van der Waals surface area contributed by atoms with Gasteiger partial charge in [0.2, 0.25) is 0 Å². The van der Waals surface area contributed by atoms with E-state index in [0.717, 1.165) is 41.1 Å². The predicted molar refractivity (Wildman–Crippen MR) is 135 cm³/mol. The Morgan fingerprint density at radius 3 is 2.36 bits per heavy atom. The molecule has 2 heterocycles. The number of rotatable bonds is 5. The van der Waals surface area contributed by atoms with E-state index in [1.54, 1.807) is 11.0 Å². The van der Waals surface area contributed by atoms with E-state index in [0.29, 0.717) is 44.0 Å². The molecule has 9 heteroatoms. The van der Waals surface area contributed by atoms with Crippen molar-refractivity contribution in [3.63, 3.8) is 0 Å². The molecule has 190 valence electrons. The second-order valence-corrected chi connectivity index (χ2v) is 8.78. The molecule has 0 aliphatic carbocycles. The Morgan fingerprint density at radius 1 is 0.972 bits per heavy atom. The van der Waals surface area contributed by atoms with Gasteiger partial charge in [-0.1, -0.05) is 44.2 Å². The van der Waals surface area contributed by atoms with Crippen LogP contribution in [0.15, 0.2) is 48.5 Å². The van der Waals surface area contributed by atoms with E-state index < -0.39 is 11.7 Å². The highest BCUT2D eigenvalue weighted by Gasteiger charge is 2.31. The van der Waals surface area contributed by atoms with Crippen LogP contribution in [0.2, 0.25) is 0 Å². The first-order chi connectivity index (χ1) is 17.2. The number of carbonyl (C=O) groups is 1. The van der Waals surface area contributed by atoms with Crippen LogP contribution in [-0.4, -0.2) is 47.1 Å². The van der Waals surface area contributed by atoms with Crippen molar-refractivity contribution in [2.75, 3.05) is 36.4 Å². The molecule has 0 unspecified atom stereocenters. The second-order valence-electron chi connectivity index (χ2n) is 8.78. The number of urea groups is 1. The normalized spacial score (nSPS) is 14.2. The van der Waals surface area contributed by atoms with E-state index in [1.807, 2.05) is 45.0 Å². The number of anilines is 2. The number of benzene rings is 2. The number of carbonyl (C=O) groups excluding carboxylic acids is 1. The zero-order chi connectivity index (χ0) is 25.9. The molecule has 0 radical (unpaired) electrons. The first kappa shape index (κ1) is 25.5. The summed E-state index contributed by atoms with van der Waals surface area (Å²) in [5.41, 5.74) is 3.19. The van der Waals surface area contributed by atoms with Crippen LogP contribution in [0, 0.1) is 6.92 Å². The molecule has 0 atom stereocenters. The molecule has 1 aliphatic rings. The first-order valence-electron chi connectivity index (χ1n) is 12.1. The van der Waals surface area contributed by atoms with Crippen LogP contribution < -0.4 is 10.2 Å². The molecule has 1 fully saturated rings. The number of alkyl halides is 3. The summed E-state index contributed by atoms with van der Waals surface area (Å²) in [5, 5.41) is 3.02. The lowest BCUT2D eigenvalue weighted by Gasteiger charge is -2.36. The maximum absolute atomic E-state index is 13.2. The molecule has 1 N–H and O–H groups in total.